The Morgan fingerprint density at radius 2 is 2.36 bits per heavy atom. The summed E-state index contributed by atoms with van der Waals surface area (Å²) in [6, 6.07) is 0. The fraction of sp³-hybridized carbons (Fsp3) is 0.429. The summed E-state index contributed by atoms with van der Waals surface area (Å²) >= 11 is 1.71. The van der Waals surface area contributed by atoms with Crippen molar-refractivity contribution >= 4 is 33.1 Å². The molecule has 3 heterocycles. The molecule has 7 nitrogen and oxygen atoms in total. The SMILES string of the molecule is CN(CCO)C(=O)c1nc2c3c4c(sc3ncn2n1)CCC4. The number of aromatic nitrogens is 4. The highest BCUT2D eigenvalue weighted by molar-refractivity contribution is 7.19. The Kier molecular flexibility index (Phi) is 3.08. The highest BCUT2D eigenvalue weighted by Gasteiger charge is 2.23. The van der Waals surface area contributed by atoms with Crippen molar-refractivity contribution in [2.45, 2.75) is 19.3 Å². The Morgan fingerprint density at radius 3 is 3.18 bits per heavy atom. The minimum atomic E-state index is -0.294. The van der Waals surface area contributed by atoms with Crippen molar-refractivity contribution in [3.63, 3.8) is 0 Å². The molecule has 1 aliphatic rings. The minimum Gasteiger partial charge on any atom is -0.395 e. The first-order chi connectivity index (χ1) is 10.7. The third-order valence-corrected chi connectivity index (χ3v) is 5.22. The van der Waals surface area contributed by atoms with Crippen LogP contribution in [0.1, 0.15) is 27.5 Å². The molecule has 0 aliphatic heterocycles. The number of nitrogens with zero attached hydrogens (tertiary/aromatic N) is 5. The molecule has 114 valence electrons. The average molecular weight is 317 g/mol. The van der Waals surface area contributed by atoms with E-state index in [1.807, 2.05) is 0 Å². The highest BCUT2D eigenvalue weighted by Crippen LogP contribution is 2.37. The Morgan fingerprint density at radius 1 is 1.50 bits per heavy atom. The van der Waals surface area contributed by atoms with Gasteiger partial charge in [0.2, 0.25) is 5.82 Å². The largest absolute Gasteiger partial charge is 0.395 e. The number of aliphatic hydroxyl groups excluding tert-OH is 1. The number of rotatable bonds is 3. The molecule has 1 amide bonds. The normalized spacial score (nSPS) is 13.9. The van der Waals surface area contributed by atoms with Crippen LogP contribution in [0.5, 0.6) is 0 Å². The van der Waals surface area contributed by atoms with Gasteiger partial charge in [-0.3, -0.25) is 4.79 Å². The van der Waals surface area contributed by atoms with Gasteiger partial charge in [0.25, 0.3) is 5.91 Å². The first-order valence-electron chi connectivity index (χ1n) is 7.21. The number of likely N-dealkylation sites (N-methyl/N-ethyl adjacent to an activating group) is 1. The van der Waals surface area contributed by atoms with E-state index in [1.54, 1.807) is 29.2 Å². The molecule has 4 rings (SSSR count). The first-order valence-corrected chi connectivity index (χ1v) is 8.02. The van der Waals surface area contributed by atoms with Crippen LogP contribution in [-0.4, -0.2) is 55.7 Å². The van der Waals surface area contributed by atoms with E-state index in [0.29, 0.717) is 5.65 Å². The zero-order valence-electron chi connectivity index (χ0n) is 12.1. The summed E-state index contributed by atoms with van der Waals surface area (Å²) in [5.41, 5.74) is 2.01. The van der Waals surface area contributed by atoms with Crippen molar-refractivity contribution in [2.75, 3.05) is 20.2 Å². The molecule has 0 atom stereocenters. The number of carbonyl (C=O) groups is 1. The fourth-order valence-corrected chi connectivity index (χ4v) is 4.13. The molecule has 22 heavy (non-hydrogen) atoms. The maximum atomic E-state index is 12.3. The van der Waals surface area contributed by atoms with Gasteiger partial charge in [-0.05, 0) is 24.8 Å². The molecule has 0 spiro atoms. The smallest absolute Gasteiger partial charge is 0.293 e. The number of fused-ring (bicyclic) bond motifs is 5. The Balaban J connectivity index is 1.87. The van der Waals surface area contributed by atoms with Gasteiger partial charge in [0.05, 0.1) is 12.0 Å². The Bertz CT molecular complexity index is 884. The molecule has 0 unspecified atom stereocenters. The van der Waals surface area contributed by atoms with Crippen LogP contribution >= 0.6 is 11.3 Å². The van der Waals surface area contributed by atoms with Gasteiger partial charge in [0.1, 0.15) is 11.2 Å². The molecule has 0 bridgehead atoms. The van der Waals surface area contributed by atoms with Gasteiger partial charge >= 0.3 is 0 Å². The molecule has 1 N–H and O–H groups in total. The lowest BCUT2D eigenvalue weighted by molar-refractivity contribution is 0.0755. The molecule has 0 saturated heterocycles. The fourth-order valence-electron chi connectivity index (χ4n) is 2.91. The van der Waals surface area contributed by atoms with Crippen LogP contribution in [0.25, 0.3) is 15.9 Å². The van der Waals surface area contributed by atoms with E-state index in [1.165, 1.54) is 15.3 Å². The second-order valence-electron chi connectivity index (χ2n) is 5.44. The summed E-state index contributed by atoms with van der Waals surface area (Å²) < 4.78 is 1.58. The van der Waals surface area contributed by atoms with Crippen LogP contribution in [0.4, 0.5) is 0 Å². The first kappa shape index (κ1) is 13.6. The molecular formula is C14H15N5O2S. The molecule has 3 aromatic heterocycles. The van der Waals surface area contributed by atoms with E-state index in [2.05, 4.69) is 15.1 Å². The van der Waals surface area contributed by atoms with Gasteiger partial charge in [-0.1, -0.05) is 0 Å². The summed E-state index contributed by atoms with van der Waals surface area (Å²) in [5, 5.41) is 14.2. The highest BCUT2D eigenvalue weighted by atomic mass is 32.1. The van der Waals surface area contributed by atoms with Gasteiger partial charge in [-0.2, -0.15) is 0 Å². The van der Waals surface area contributed by atoms with Crippen molar-refractivity contribution in [3.05, 3.63) is 22.6 Å². The third-order valence-electron chi connectivity index (χ3n) is 4.02. The molecule has 8 heteroatoms. The predicted octanol–water partition coefficient (Wildman–Crippen LogP) is 0.892. The zero-order chi connectivity index (χ0) is 15.3. The number of hydrogen-bond acceptors (Lipinski definition) is 6. The van der Waals surface area contributed by atoms with Crippen molar-refractivity contribution in [3.8, 4) is 0 Å². The summed E-state index contributed by atoms with van der Waals surface area (Å²) in [6.07, 6.45) is 4.91. The second-order valence-corrected chi connectivity index (χ2v) is 6.52. The minimum absolute atomic E-state index is 0.0839. The molecule has 1 aliphatic carbocycles. The summed E-state index contributed by atoms with van der Waals surface area (Å²) in [5.74, 6) is -0.152. The number of amides is 1. The molecule has 0 radical (unpaired) electrons. The van der Waals surface area contributed by atoms with Crippen LogP contribution in [0.15, 0.2) is 6.33 Å². The van der Waals surface area contributed by atoms with Gasteiger partial charge in [-0.15, -0.1) is 16.4 Å². The van der Waals surface area contributed by atoms with Crippen molar-refractivity contribution in [1.82, 2.24) is 24.5 Å². The van der Waals surface area contributed by atoms with Crippen LogP contribution in [0.3, 0.4) is 0 Å². The Labute approximate surface area is 130 Å². The number of aryl methyl sites for hydroxylation is 2. The third kappa shape index (κ3) is 1.91. The van der Waals surface area contributed by atoms with Crippen LogP contribution in [0, 0.1) is 0 Å². The van der Waals surface area contributed by atoms with Gasteiger partial charge in [0.15, 0.2) is 5.65 Å². The summed E-state index contributed by atoms with van der Waals surface area (Å²) in [6.45, 7) is 0.176. The second kappa shape index (κ2) is 4.99. The quantitative estimate of drug-likeness (QED) is 0.776. The van der Waals surface area contributed by atoms with Gasteiger partial charge in [0, 0.05) is 18.5 Å². The Hall–Kier alpha value is -2.06. The van der Waals surface area contributed by atoms with Crippen LogP contribution < -0.4 is 0 Å². The standard InChI is InChI=1S/C14H15N5O2S/c1-18(5-6-20)14(21)11-16-12-10-8-3-2-4-9(8)22-13(10)15-7-19(12)17-11/h7,20H,2-6H2,1H3. The summed E-state index contributed by atoms with van der Waals surface area (Å²) in [4.78, 5) is 24.9. The number of thiophene rings is 1. The van der Waals surface area contributed by atoms with Gasteiger partial charge in [-0.25, -0.2) is 14.5 Å². The summed E-state index contributed by atoms with van der Waals surface area (Å²) in [7, 11) is 1.63. The number of aliphatic hydroxyl groups is 1. The van der Waals surface area contributed by atoms with Crippen LogP contribution in [0.2, 0.25) is 0 Å². The molecule has 0 saturated carbocycles. The topological polar surface area (TPSA) is 83.6 Å². The van der Waals surface area contributed by atoms with Crippen molar-refractivity contribution < 1.29 is 9.90 Å². The van der Waals surface area contributed by atoms with E-state index >= 15 is 0 Å². The molecule has 0 fully saturated rings. The van der Waals surface area contributed by atoms with Crippen molar-refractivity contribution in [2.24, 2.45) is 0 Å². The lowest BCUT2D eigenvalue weighted by atomic mass is 10.2. The number of hydrogen-bond donors (Lipinski definition) is 1. The van der Waals surface area contributed by atoms with E-state index in [9.17, 15) is 4.79 Å². The monoisotopic (exact) mass is 317 g/mol. The average Bonchev–Trinajstić information content (AvgIpc) is 3.18. The van der Waals surface area contributed by atoms with Crippen LogP contribution in [-0.2, 0) is 12.8 Å². The van der Waals surface area contributed by atoms with E-state index < -0.39 is 0 Å². The van der Waals surface area contributed by atoms with E-state index in [4.69, 9.17) is 5.11 Å². The van der Waals surface area contributed by atoms with E-state index in [0.717, 1.165) is 29.5 Å². The predicted molar refractivity (Wildman–Crippen MR) is 82.2 cm³/mol. The molecule has 3 aromatic rings. The zero-order valence-corrected chi connectivity index (χ0v) is 12.9. The van der Waals surface area contributed by atoms with Gasteiger partial charge < -0.3 is 10.0 Å². The maximum absolute atomic E-state index is 12.3. The lowest BCUT2D eigenvalue weighted by Gasteiger charge is -2.12. The molecule has 0 aromatic carbocycles. The molecular weight excluding hydrogens is 302 g/mol. The number of carbonyl (C=O) groups excluding carboxylic acids is 1. The lowest BCUT2D eigenvalue weighted by Crippen LogP contribution is -2.30. The van der Waals surface area contributed by atoms with Crippen molar-refractivity contribution in [1.29, 1.82) is 0 Å². The van der Waals surface area contributed by atoms with E-state index in [-0.39, 0.29) is 24.9 Å². The maximum Gasteiger partial charge on any atom is 0.293 e.